The Morgan fingerprint density at radius 1 is 1.78 bits per heavy atom. The standard InChI is InChI=1S/C8H14O/c1-3-4-7-5-8(7,2)6-9/h3-4,7,9H,5-6H2,1-2H3/b4-3-/t7-,8-/m0/s1. The highest BCUT2D eigenvalue weighted by atomic mass is 16.3. The summed E-state index contributed by atoms with van der Waals surface area (Å²) in [5.41, 5.74) is 0.229. The lowest BCUT2D eigenvalue weighted by atomic mass is 10.1. The zero-order valence-corrected chi connectivity index (χ0v) is 6.09. The van der Waals surface area contributed by atoms with E-state index < -0.39 is 0 Å². The molecule has 1 aliphatic rings. The molecule has 1 rings (SSSR count). The molecule has 0 spiro atoms. The van der Waals surface area contributed by atoms with E-state index in [9.17, 15) is 0 Å². The van der Waals surface area contributed by atoms with Gasteiger partial charge in [-0.05, 0) is 24.7 Å². The number of aliphatic hydroxyl groups excluding tert-OH is 1. The summed E-state index contributed by atoms with van der Waals surface area (Å²) in [5, 5.41) is 8.83. The second-order valence-electron chi connectivity index (χ2n) is 3.15. The normalized spacial score (nSPS) is 41.9. The van der Waals surface area contributed by atoms with E-state index in [4.69, 9.17) is 5.11 Å². The molecule has 0 aromatic carbocycles. The second-order valence-corrected chi connectivity index (χ2v) is 3.15. The molecule has 1 heteroatoms. The Hall–Kier alpha value is -0.300. The molecule has 9 heavy (non-hydrogen) atoms. The van der Waals surface area contributed by atoms with Crippen LogP contribution in [0.2, 0.25) is 0 Å². The minimum Gasteiger partial charge on any atom is -0.396 e. The van der Waals surface area contributed by atoms with Gasteiger partial charge < -0.3 is 5.11 Å². The van der Waals surface area contributed by atoms with Crippen LogP contribution in [0.15, 0.2) is 12.2 Å². The summed E-state index contributed by atoms with van der Waals surface area (Å²) in [6.45, 7) is 4.48. The molecule has 1 saturated carbocycles. The summed E-state index contributed by atoms with van der Waals surface area (Å²) >= 11 is 0. The average Bonchev–Trinajstić information content (AvgIpc) is 2.46. The lowest BCUT2D eigenvalue weighted by Crippen LogP contribution is -2.02. The number of allylic oxidation sites excluding steroid dienone is 2. The molecule has 0 saturated heterocycles. The van der Waals surface area contributed by atoms with Gasteiger partial charge in [-0.1, -0.05) is 19.1 Å². The predicted octanol–water partition coefficient (Wildman–Crippen LogP) is 1.58. The van der Waals surface area contributed by atoms with Crippen molar-refractivity contribution in [2.75, 3.05) is 6.61 Å². The number of hydrogen-bond acceptors (Lipinski definition) is 1. The molecule has 1 nitrogen and oxygen atoms in total. The molecular formula is C8H14O. The molecule has 0 aromatic heterocycles. The summed E-state index contributed by atoms with van der Waals surface area (Å²) in [5.74, 6) is 0.646. The molecule has 0 aliphatic heterocycles. The molecule has 0 radical (unpaired) electrons. The van der Waals surface area contributed by atoms with Gasteiger partial charge in [0.2, 0.25) is 0 Å². The van der Waals surface area contributed by atoms with E-state index in [0.717, 1.165) is 6.42 Å². The van der Waals surface area contributed by atoms with Gasteiger partial charge in [0.1, 0.15) is 0 Å². The second kappa shape index (κ2) is 2.14. The van der Waals surface area contributed by atoms with Crippen molar-refractivity contribution in [3.63, 3.8) is 0 Å². The molecule has 0 bridgehead atoms. The van der Waals surface area contributed by atoms with Crippen LogP contribution in [0.4, 0.5) is 0 Å². The Kier molecular flexibility index (Phi) is 1.62. The largest absolute Gasteiger partial charge is 0.396 e. The lowest BCUT2D eigenvalue weighted by Gasteiger charge is -2.01. The third-order valence-electron chi connectivity index (χ3n) is 2.21. The van der Waals surface area contributed by atoms with Crippen LogP contribution in [0.3, 0.4) is 0 Å². The molecular weight excluding hydrogens is 112 g/mol. The lowest BCUT2D eigenvalue weighted by molar-refractivity contribution is 0.217. The number of aliphatic hydroxyl groups is 1. The van der Waals surface area contributed by atoms with Gasteiger partial charge in [-0.2, -0.15) is 0 Å². The number of rotatable bonds is 2. The Bertz CT molecular complexity index is 129. The molecule has 1 N–H and O–H groups in total. The maximum atomic E-state index is 8.83. The van der Waals surface area contributed by atoms with Crippen molar-refractivity contribution in [3.05, 3.63) is 12.2 Å². The van der Waals surface area contributed by atoms with Crippen LogP contribution in [0.25, 0.3) is 0 Å². The van der Waals surface area contributed by atoms with Gasteiger partial charge in [0.05, 0.1) is 0 Å². The molecule has 0 aromatic rings. The van der Waals surface area contributed by atoms with Gasteiger partial charge in [-0.15, -0.1) is 0 Å². The maximum Gasteiger partial charge on any atom is 0.0490 e. The van der Waals surface area contributed by atoms with E-state index in [1.165, 1.54) is 0 Å². The summed E-state index contributed by atoms with van der Waals surface area (Å²) in [6, 6.07) is 0. The van der Waals surface area contributed by atoms with Crippen molar-refractivity contribution < 1.29 is 5.11 Å². The molecule has 2 atom stereocenters. The van der Waals surface area contributed by atoms with E-state index in [0.29, 0.717) is 12.5 Å². The predicted molar refractivity (Wildman–Crippen MR) is 38.1 cm³/mol. The highest BCUT2D eigenvalue weighted by molar-refractivity contribution is 5.08. The van der Waals surface area contributed by atoms with Crippen molar-refractivity contribution in [1.82, 2.24) is 0 Å². The SMILES string of the molecule is C/C=C\[C@H]1C[C@@]1(C)CO. The fourth-order valence-electron chi connectivity index (χ4n) is 1.16. The van der Waals surface area contributed by atoms with Gasteiger partial charge in [-0.25, -0.2) is 0 Å². The van der Waals surface area contributed by atoms with Crippen molar-refractivity contribution in [3.8, 4) is 0 Å². The van der Waals surface area contributed by atoms with Crippen molar-refractivity contribution in [1.29, 1.82) is 0 Å². The molecule has 0 unspecified atom stereocenters. The highest BCUT2D eigenvalue weighted by Crippen LogP contribution is 2.52. The summed E-state index contributed by atoms with van der Waals surface area (Å²) < 4.78 is 0. The Balaban J connectivity index is 2.38. The quantitative estimate of drug-likeness (QED) is 0.557. The number of hydrogen-bond donors (Lipinski definition) is 1. The van der Waals surface area contributed by atoms with Crippen LogP contribution >= 0.6 is 0 Å². The molecule has 0 heterocycles. The molecule has 0 amide bonds. The smallest absolute Gasteiger partial charge is 0.0490 e. The van der Waals surface area contributed by atoms with Crippen LogP contribution in [0.1, 0.15) is 20.3 Å². The van der Waals surface area contributed by atoms with Crippen LogP contribution in [0, 0.1) is 11.3 Å². The Labute approximate surface area is 56.4 Å². The average molecular weight is 126 g/mol. The summed E-state index contributed by atoms with van der Waals surface area (Å²) in [7, 11) is 0. The highest BCUT2D eigenvalue weighted by Gasteiger charge is 2.47. The fourth-order valence-corrected chi connectivity index (χ4v) is 1.16. The Morgan fingerprint density at radius 3 is 2.78 bits per heavy atom. The molecule has 52 valence electrons. The van der Waals surface area contributed by atoms with E-state index in [2.05, 4.69) is 19.1 Å². The Morgan fingerprint density at radius 2 is 2.44 bits per heavy atom. The van der Waals surface area contributed by atoms with Gasteiger partial charge in [0, 0.05) is 6.61 Å². The van der Waals surface area contributed by atoms with E-state index in [1.807, 2.05) is 6.92 Å². The van der Waals surface area contributed by atoms with Crippen molar-refractivity contribution in [2.45, 2.75) is 20.3 Å². The van der Waals surface area contributed by atoms with E-state index in [1.54, 1.807) is 0 Å². The molecule has 1 aliphatic carbocycles. The van der Waals surface area contributed by atoms with Crippen LogP contribution in [-0.2, 0) is 0 Å². The van der Waals surface area contributed by atoms with Crippen molar-refractivity contribution >= 4 is 0 Å². The first kappa shape index (κ1) is 6.81. The first-order valence-electron chi connectivity index (χ1n) is 3.46. The monoisotopic (exact) mass is 126 g/mol. The van der Waals surface area contributed by atoms with Crippen LogP contribution < -0.4 is 0 Å². The van der Waals surface area contributed by atoms with Crippen molar-refractivity contribution in [2.24, 2.45) is 11.3 Å². The van der Waals surface area contributed by atoms with Crippen LogP contribution in [-0.4, -0.2) is 11.7 Å². The summed E-state index contributed by atoms with van der Waals surface area (Å²) in [4.78, 5) is 0. The maximum absolute atomic E-state index is 8.83. The zero-order chi connectivity index (χ0) is 6.91. The van der Waals surface area contributed by atoms with Gasteiger partial charge in [-0.3, -0.25) is 0 Å². The molecule has 1 fully saturated rings. The minimum atomic E-state index is 0.229. The van der Waals surface area contributed by atoms with E-state index in [-0.39, 0.29) is 5.41 Å². The first-order chi connectivity index (χ1) is 4.23. The van der Waals surface area contributed by atoms with Gasteiger partial charge in [0.25, 0.3) is 0 Å². The topological polar surface area (TPSA) is 20.2 Å². The third kappa shape index (κ3) is 1.16. The van der Waals surface area contributed by atoms with Gasteiger partial charge >= 0.3 is 0 Å². The van der Waals surface area contributed by atoms with Crippen LogP contribution in [0.5, 0.6) is 0 Å². The summed E-state index contributed by atoms with van der Waals surface area (Å²) in [6.07, 6.45) is 5.40. The fraction of sp³-hybridized carbons (Fsp3) is 0.750. The first-order valence-corrected chi connectivity index (χ1v) is 3.46. The van der Waals surface area contributed by atoms with Gasteiger partial charge in [0.15, 0.2) is 0 Å². The van der Waals surface area contributed by atoms with E-state index >= 15 is 0 Å². The zero-order valence-electron chi connectivity index (χ0n) is 6.09. The minimum absolute atomic E-state index is 0.229. The third-order valence-corrected chi connectivity index (χ3v) is 2.21.